The zero-order valence-electron chi connectivity index (χ0n) is 11.4. The molecule has 2 aromatic rings. The molecule has 0 saturated carbocycles. The summed E-state index contributed by atoms with van der Waals surface area (Å²) < 4.78 is 0.973. The Morgan fingerprint density at radius 1 is 1.32 bits per heavy atom. The second-order valence-electron chi connectivity index (χ2n) is 5.02. The van der Waals surface area contributed by atoms with Gasteiger partial charge in [0.15, 0.2) is 5.82 Å². The molecule has 19 heavy (non-hydrogen) atoms. The van der Waals surface area contributed by atoms with Crippen LogP contribution >= 0.6 is 45.5 Å². The van der Waals surface area contributed by atoms with Crippen molar-refractivity contribution in [3.63, 3.8) is 0 Å². The highest BCUT2D eigenvalue weighted by molar-refractivity contribution is 14.1. The van der Waals surface area contributed by atoms with Gasteiger partial charge in [-0.3, -0.25) is 0 Å². The molecule has 0 unspecified atom stereocenters. The minimum absolute atomic E-state index is 0.553. The van der Waals surface area contributed by atoms with Crippen LogP contribution in [0, 0.1) is 23.3 Å². The monoisotopic (exact) mass is 406 g/mol. The molecule has 0 aromatic carbocycles. The average Bonchev–Trinajstić information content (AvgIpc) is 2.63. The van der Waals surface area contributed by atoms with Crippen LogP contribution in [0.1, 0.15) is 29.3 Å². The topological polar surface area (TPSA) is 25.8 Å². The molecule has 0 atom stereocenters. The third-order valence-electron chi connectivity index (χ3n) is 2.76. The lowest BCUT2D eigenvalue weighted by Crippen LogP contribution is -2.04. The molecule has 0 spiro atoms. The molecule has 5 heteroatoms. The quantitative estimate of drug-likeness (QED) is 0.512. The fourth-order valence-corrected chi connectivity index (χ4v) is 3.53. The van der Waals surface area contributed by atoms with E-state index in [1.807, 2.05) is 0 Å². The number of nitrogens with zero attached hydrogens (tertiary/aromatic N) is 2. The lowest BCUT2D eigenvalue weighted by Gasteiger charge is -2.10. The Morgan fingerprint density at radius 3 is 2.53 bits per heavy atom. The van der Waals surface area contributed by atoms with E-state index in [0.29, 0.717) is 11.1 Å². The SMILES string of the molecule is Cc1cc(-c2nc(Cl)c(I)c(CC(C)C)n2)c(C)s1. The largest absolute Gasteiger partial charge is 0.232 e. The van der Waals surface area contributed by atoms with Gasteiger partial charge >= 0.3 is 0 Å². The maximum Gasteiger partial charge on any atom is 0.162 e. The minimum Gasteiger partial charge on any atom is -0.232 e. The van der Waals surface area contributed by atoms with Crippen LogP contribution < -0.4 is 0 Å². The minimum atomic E-state index is 0.553. The van der Waals surface area contributed by atoms with Crippen LogP contribution in [0.2, 0.25) is 5.15 Å². The van der Waals surface area contributed by atoms with Crippen molar-refractivity contribution in [3.05, 3.63) is 30.2 Å². The molecule has 2 heterocycles. The van der Waals surface area contributed by atoms with Crippen molar-refractivity contribution in [2.45, 2.75) is 34.1 Å². The van der Waals surface area contributed by atoms with Crippen LogP contribution in [-0.2, 0) is 6.42 Å². The summed E-state index contributed by atoms with van der Waals surface area (Å²) in [4.78, 5) is 11.7. The van der Waals surface area contributed by atoms with Crippen molar-refractivity contribution >= 4 is 45.5 Å². The highest BCUT2D eigenvalue weighted by Gasteiger charge is 2.15. The molecule has 2 rings (SSSR count). The Balaban J connectivity index is 2.53. The third-order valence-corrected chi connectivity index (χ3v) is 5.45. The normalized spacial score (nSPS) is 11.3. The smallest absolute Gasteiger partial charge is 0.162 e. The summed E-state index contributed by atoms with van der Waals surface area (Å²) in [5.41, 5.74) is 2.15. The van der Waals surface area contributed by atoms with E-state index in [2.05, 4.69) is 61.3 Å². The number of thiophene rings is 1. The van der Waals surface area contributed by atoms with Gasteiger partial charge in [0, 0.05) is 15.3 Å². The van der Waals surface area contributed by atoms with Crippen LogP contribution in [0.25, 0.3) is 11.4 Å². The Labute approximate surface area is 136 Å². The molecule has 0 N–H and O–H groups in total. The molecular formula is C14H16ClIN2S. The molecule has 0 saturated heterocycles. The molecule has 0 fully saturated rings. The van der Waals surface area contributed by atoms with Gasteiger partial charge in [0.25, 0.3) is 0 Å². The van der Waals surface area contributed by atoms with Gasteiger partial charge < -0.3 is 0 Å². The van der Waals surface area contributed by atoms with E-state index in [9.17, 15) is 0 Å². The molecule has 0 aliphatic carbocycles. The highest BCUT2D eigenvalue weighted by atomic mass is 127. The maximum absolute atomic E-state index is 6.26. The third kappa shape index (κ3) is 3.47. The van der Waals surface area contributed by atoms with Crippen LogP contribution in [0.3, 0.4) is 0 Å². The predicted octanol–water partition coefficient (Wildman–Crippen LogP) is 5.28. The standard InChI is InChI=1S/C14H16ClIN2S/c1-7(2)5-11-12(16)13(15)18-14(17-11)10-6-8(3)19-9(10)4/h6-7H,5H2,1-4H3. The van der Waals surface area contributed by atoms with E-state index >= 15 is 0 Å². The first-order chi connectivity index (χ1) is 8.88. The van der Waals surface area contributed by atoms with Crippen molar-refractivity contribution in [1.29, 1.82) is 0 Å². The summed E-state index contributed by atoms with van der Waals surface area (Å²) in [6.07, 6.45) is 0.926. The number of hydrogen-bond donors (Lipinski definition) is 0. The molecule has 0 aliphatic heterocycles. The van der Waals surface area contributed by atoms with E-state index in [0.717, 1.165) is 27.1 Å². The Morgan fingerprint density at radius 2 is 2.00 bits per heavy atom. The van der Waals surface area contributed by atoms with E-state index in [1.54, 1.807) is 11.3 Å². The first kappa shape index (κ1) is 15.2. The number of aryl methyl sites for hydroxylation is 2. The van der Waals surface area contributed by atoms with Crippen molar-refractivity contribution in [3.8, 4) is 11.4 Å². The molecule has 102 valence electrons. The predicted molar refractivity (Wildman–Crippen MR) is 91.1 cm³/mol. The van der Waals surface area contributed by atoms with Crippen LogP contribution in [0.4, 0.5) is 0 Å². The summed E-state index contributed by atoms with van der Waals surface area (Å²) >= 11 is 10.3. The summed E-state index contributed by atoms with van der Waals surface area (Å²) in [5.74, 6) is 1.31. The number of halogens is 2. The van der Waals surface area contributed by atoms with E-state index in [1.165, 1.54) is 9.75 Å². The van der Waals surface area contributed by atoms with E-state index < -0.39 is 0 Å². The second-order valence-corrected chi connectivity index (χ2v) is 7.92. The van der Waals surface area contributed by atoms with Gasteiger partial charge in [0.1, 0.15) is 5.15 Å². The fourth-order valence-electron chi connectivity index (χ4n) is 1.96. The number of rotatable bonds is 3. The van der Waals surface area contributed by atoms with Gasteiger partial charge in [-0.15, -0.1) is 11.3 Å². The zero-order chi connectivity index (χ0) is 14.2. The zero-order valence-corrected chi connectivity index (χ0v) is 15.2. The summed E-state index contributed by atoms with van der Waals surface area (Å²) in [7, 11) is 0. The number of aromatic nitrogens is 2. The second kappa shape index (κ2) is 6.06. The van der Waals surface area contributed by atoms with E-state index in [4.69, 9.17) is 16.6 Å². The van der Waals surface area contributed by atoms with Crippen molar-refractivity contribution in [2.75, 3.05) is 0 Å². The van der Waals surface area contributed by atoms with Gasteiger partial charge in [-0.2, -0.15) is 0 Å². The molecule has 2 aromatic heterocycles. The van der Waals surface area contributed by atoms with E-state index in [-0.39, 0.29) is 0 Å². The fraction of sp³-hybridized carbons (Fsp3) is 0.429. The molecule has 0 bridgehead atoms. The summed E-state index contributed by atoms with van der Waals surface area (Å²) in [6.45, 7) is 8.58. The first-order valence-corrected chi connectivity index (χ1v) is 8.45. The average molecular weight is 407 g/mol. The highest BCUT2D eigenvalue weighted by Crippen LogP contribution is 2.31. The van der Waals surface area contributed by atoms with Gasteiger partial charge in [-0.25, -0.2) is 9.97 Å². The van der Waals surface area contributed by atoms with Gasteiger partial charge in [0.2, 0.25) is 0 Å². The van der Waals surface area contributed by atoms with Crippen molar-refractivity contribution in [2.24, 2.45) is 5.92 Å². The Bertz CT molecular complexity index is 608. The van der Waals surface area contributed by atoms with Crippen molar-refractivity contribution in [1.82, 2.24) is 9.97 Å². The lowest BCUT2D eigenvalue weighted by atomic mass is 10.1. The van der Waals surface area contributed by atoms with Crippen molar-refractivity contribution < 1.29 is 0 Å². The Hall–Kier alpha value is -0.200. The summed E-state index contributed by atoms with van der Waals surface area (Å²) in [5, 5.41) is 0.560. The molecule has 0 radical (unpaired) electrons. The van der Waals surface area contributed by atoms with Crippen LogP contribution in [-0.4, -0.2) is 9.97 Å². The number of hydrogen-bond acceptors (Lipinski definition) is 3. The summed E-state index contributed by atoms with van der Waals surface area (Å²) in [6, 6.07) is 2.14. The lowest BCUT2D eigenvalue weighted by molar-refractivity contribution is 0.632. The molecule has 0 aliphatic rings. The molecular weight excluding hydrogens is 391 g/mol. The first-order valence-electron chi connectivity index (χ1n) is 6.17. The van der Waals surface area contributed by atoms with Crippen LogP contribution in [0.5, 0.6) is 0 Å². The Kier molecular flexibility index (Phi) is 4.84. The van der Waals surface area contributed by atoms with Gasteiger partial charge in [-0.05, 0) is 54.8 Å². The van der Waals surface area contributed by atoms with Crippen LogP contribution in [0.15, 0.2) is 6.07 Å². The maximum atomic E-state index is 6.26. The molecule has 0 amide bonds. The van der Waals surface area contributed by atoms with Gasteiger partial charge in [-0.1, -0.05) is 25.4 Å². The van der Waals surface area contributed by atoms with Gasteiger partial charge in [0.05, 0.1) is 9.26 Å². The molecule has 2 nitrogen and oxygen atoms in total.